The summed E-state index contributed by atoms with van der Waals surface area (Å²) >= 11 is 1.46. The average molecular weight is 231 g/mol. The van der Waals surface area contributed by atoms with Crippen molar-refractivity contribution in [2.45, 2.75) is 0 Å². The van der Waals surface area contributed by atoms with Gasteiger partial charge in [0.1, 0.15) is 0 Å². The molecule has 0 nitrogen and oxygen atoms in total. The summed E-state index contributed by atoms with van der Waals surface area (Å²) in [6, 6.07) is 14.9. The van der Waals surface area contributed by atoms with Gasteiger partial charge in [-0.1, -0.05) is 0 Å². The summed E-state index contributed by atoms with van der Waals surface area (Å²) in [5.41, 5.74) is 1.35. The molecule has 2 rings (SSSR count). The summed E-state index contributed by atoms with van der Waals surface area (Å²) in [5.74, 6) is 0. The topological polar surface area (TPSA) is 0 Å². The minimum atomic E-state index is 1.33. The van der Waals surface area contributed by atoms with Gasteiger partial charge < -0.3 is 0 Å². The van der Waals surface area contributed by atoms with Gasteiger partial charge in [0, 0.05) is 0 Å². The Morgan fingerprint density at radius 1 is 0.917 bits per heavy atom. The van der Waals surface area contributed by atoms with Crippen molar-refractivity contribution in [1.82, 2.24) is 0 Å². The second kappa shape index (κ2) is 3.45. The monoisotopic (exact) mass is 230 g/mol. The molecule has 0 spiro atoms. The first-order valence-electron chi connectivity index (χ1n) is 3.90. The van der Waals surface area contributed by atoms with Crippen molar-refractivity contribution in [3.8, 4) is 0 Å². The van der Waals surface area contributed by atoms with Crippen LogP contribution in [0, 0.1) is 0 Å². The van der Waals surface area contributed by atoms with Gasteiger partial charge in [0.05, 0.1) is 0 Å². The Morgan fingerprint density at radius 2 is 1.67 bits per heavy atom. The van der Waals surface area contributed by atoms with Crippen molar-refractivity contribution in [2.75, 3.05) is 0 Å². The standard InChI is InChI=1S/C11H8.Zr/c1-9-5-4-7-10-6-2-3-8-11(9)10;/h1-8H;/q;+2. The molecule has 0 saturated carbocycles. The normalized spacial score (nSPS) is 10.2. The molecule has 2 aromatic carbocycles. The fraction of sp³-hybridized carbons (Fsp3) is 0. The third-order valence-electron chi connectivity index (χ3n) is 1.98. The second-order valence-corrected chi connectivity index (χ2v) is 3.42. The zero-order chi connectivity index (χ0) is 8.39. The minimum absolute atomic E-state index is 1.33. The maximum atomic E-state index is 2.23. The van der Waals surface area contributed by atoms with E-state index in [0.29, 0.717) is 0 Å². The third-order valence-corrected chi connectivity index (χ3v) is 2.74. The van der Waals surface area contributed by atoms with Crippen molar-refractivity contribution < 1.29 is 24.2 Å². The Labute approximate surface area is 86.5 Å². The van der Waals surface area contributed by atoms with E-state index in [1.165, 1.54) is 40.6 Å². The van der Waals surface area contributed by atoms with Crippen LogP contribution in [0.4, 0.5) is 0 Å². The molecule has 0 bridgehead atoms. The summed E-state index contributed by atoms with van der Waals surface area (Å²) in [7, 11) is 0. The van der Waals surface area contributed by atoms with Crippen molar-refractivity contribution in [1.29, 1.82) is 0 Å². The number of benzene rings is 2. The SMILES string of the molecule is [Zr+2]=[CH]c1cccc2ccccc12. The molecule has 0 N–H and O–H groups in total. The van der Waals surface area contributed by atoms with Gasteiger partial charge in [-0.3, -0.25) is 0 Å². The Balaban J connectivity index is 2.88. The van der Waals surface area contributed by atoms with Gasteiger partial charge in [-0.05, 0) is 0 Å². The molecule has 1 heteroatoms. The van der Waals surface area contributed by atoms with Crippen molar-refractivity contribution in [3.63, 3.8) is 0 Å². The molecular formula is C11H8Zr+2. The van der Waals surface area contributed by atoms with Gasteiger partial charge >= 0.3 is 86.7 Å². The fourth-order valence-corrected chi connectivity index (χ4v) is 2.00. The van der Waals surface area contributed by atoms with Crippen LogP contribution < -0.4 is 0 Å². The van der Waals surface area contributed by atoms with E-state index in [0.717, 1.165) is 0 Å². The predicted octanol–water partition coefficient (Wildman–Crippen LogP) is 2.54. The number of hydrogen-bond donors (Lipinski definition) is 0. The summed E-state index contributed by atoms with van der Waals surface area (Å²) in [5, 5.41) is 2.69. The van der Waals surface area contributed by atoms with E-state index in [-0.39, 0.29) is 0 Å². The second-order valence-electron chi connectivity index (χ2n) is 2.71. The van der Waals surface area contributed by atoms with Crippen LogP contribution in [-0.2, 0) is 24.2 Å². The van der Waals surface area contributed by atoms with Crippen LogP contribution in [0.15, 0.2) is 42.5 Å². The number of hydrogen-bond acceptors (Lipinski definition) is 0. The molecule has 0 heterocycles. The molecule has 0 saturated heterocycles. The first kappa shape index (κ1) is 8.07. The molecule has 0 amide bonds. The first-order valence-corrected chi connectivity index (χ1v) is 5.32. The summed E-state index contributed by atoms with van der Waals surface area (Å²) in [6.07, 6.45) is 0. The molecule has 0 aromatic heterocycles. The summed E-state index contributed by atoms with van der Waals surface area (Å²) in [4.78, 5) is 0. The van der Waals surface area contributed by atoms with E-state index < -0.39 is 0 Å². The molecule has 54 valence electrons. The third kappa shape index (κ3) is 1.34. The first-order chi connectivity index (χ1) is 5.92. The summed E-state index contributed by atoms with van der Waals surface area (Å²) < 4.78 is 2.23. The Kier molecular flexibility index (Phi) is 2.32. The van der Waals surface area contributed by atoms with E-state index in [9.17, 15) is 0 Å². The molecule has 0 aliphatic heterocycles. The number of fused-ring (bicyclic) bond motifs is 1. The van der Waals surface area contributed by atoms with Gasteiger partial charge in [0.25, 0.3) is 0 Å². The average Bonchev–Trinajstić information content (AvgIpc) is 2.17. The molecule has 0 atom stereocenters. The Bertz CT molecular complexity index is 413. The molecule has 0 unspecified atom stereocenters. The molecule has 0 aliphatic rings. The number of rotatable bonds is 1. The van der Waals surface area contributed by atoms with E-state index in [4.69, 9.17) is 0 Å². The summed E-state index contributed by atoms with van der Waals surface area (Å²) in [6.45, 7) is 0. The van der Waals surface area contributed by atoms with Gasteiger partial charge in [-0.15, -0.1) is 0 Å². The van der Waals surface area contributed by atoms with E-state index in [2.05, 4.69) is 46.2 Å². The Hall–Kier alpha value is -0.547. The van der Waals surface area contributed by atoms with Crippen LogP contribution in [0.25, 0.3) is 10.8 Å². The maximum absolute atomic E-state index is 2.23. The molecule has 12 heavy (non-hydrogen) atoms. The van der Waals surface area contributed by atoms with Crippen LogP contribution in [0.3, 0.4) is 0 Å². The molecular weight excluding hydrogens is 223 g/mol. The van der Waals surface area contributed by atoms with Crippen molar-refractivity contribution in [3.05, 3.63) is 48.0 Å². The van der Waals surface area contributed by atoms with Crippen LogP contribution >= 0.6 is 0 Å². The van der Waals surface area contributed by atoms with E-state index in [1.807, 2.05) is 0 Å². The fourth-order valence-electron chi connectivity index (χ4n) is 1.38. The molecule has 2 aromatic rings. The van der Waals surface area contributed by atoms with Crippen molar-refractivity contribution in [2.24, 2.45) is 0 Å². The van der Waals surface area contributed by atoms with Gasteiger partial charge in [-0.25, -0.2) is 0 Å². The quantitative estimate of drug-likeness (QED) is 0.707. The molecule has 0 aliphatic carbocycles. The van der Waals surface area contributed by atoms with Gasteiger partial charge in [-0.2, -0.15) is 0 Å². The van der Waals surface area contributed by atoms with E-state index >= 15 is 0 Å². The van der Waals surface area contributed by atoms with Gasteiger partial charge in [0.15, 0.2) is 0 Å². The predicted molar refractivity (Wildman–Crippen MR) is 49.1 cm³/mol. The zero-order valence-electron chi connectivity index (χ0n) is 6.62. The molecule has 0 fully saturated rings. The van der Waals surface area contributed by atoms with Crippen LogP contribution in [0.1, 0.15) is 5.56 Å². The Morgan fingerprint density at radius 3 is 2.50 bits per heavy atom. The zero-order valence-corrected chi connectivity index (χ0v) is 9.08. The van der Waals surface area contributed by atoms with Crippen LogP contribution in [0.5, 0.6) is 0 Å². The van der Waals surface area contributed by atoms with Crippen LogP contribution in [-0.4, -0.2) is 3.71 Å². The van der Waals surface area contributed by atoms with Crippen LogP contribution in [0.2, 0.25) is 0 Å². The molecule has 0 radical (unpaired) electrons. The van der Waals surface area contributed by atoms with Gasteiger partial charge in [0.2, 0.25) is 0 Å². The van der Waals surface area contributed by atoms with E-state index in [1.54, 1.807) is 0 Å². The van der Waals surface area contributed by atoms with Crippen molar-refractivity contribution >= 4 is 14.5 Å².